The van der Waals surface area contributed by atoms with Gasteiger partial charge in [-0.15, -0.1) is 0 Å². The van der Waals surface area contributed by atoms with E-state index in [0.29, 0.717) is 11.7 Å². The van der Waals surface area contributed by atoms with Crippen LogP contribution < -0.4 is 10.5 Å². The second-order valence-electron chi connectivity index (χ2n) is 4.54. The van der Waals surface area contributed by atoms with Crippen molar-refractivity contribution in [3.63, 3.8) is 0 Å². The molecule has 0 saturated heterocycles. The molecule has 1 atom stereocenters. The van der Waals surface area contributed by atoms with Gasteiger partial charge in [-0.05, 0) is 37.1 Å². The first kappa shape index (κ1) is 13.5. The summed E-state index contributed by atoms with van der Waals surface area (Å²) in [5.74, 6) is 1.90. The van der Waals surface area contributed by atoms with E-state index >= 15 is 0 Å². The zero-order valence-electron chi connectivity index (χ0n) is 11.5. The lowest BCUT2D eigenvalue weighted by Gasteiger charge is -2.05. The summed E-state index contributed by atoms with van der Waals surface area (Å²) in [5.41, 5.74) is 7.89. The second-order valence-corrected chi connectivity index (χ2v) is 4.54. The summed E-state index contributed by atoms with van der Waals surface area (Å²) in [6.07, 6.45) is 1.82. The molecule has 2 rings (SSSR count). The minimum Gasteiger partial charge on any atom is -0.496 e. The molecule has 2 aromatic rings. The number of aryl methyl sites for hydroxylation is 1. The van der Waals surface area contributed by atoms with Gasteiger partial charge in [0, 0.05) is 5.56 Å². The zero-order valence-corrected chi connectivity index (χ0v) is 11.5. The maximum atomic E-state index is 5.96. The number of ether oxygens (including phenoxy) is 1. The number of nitrogens with zero attached hydrogens (tertiary/aromatic N) is 2. The Morgan fingerprint density at radius 1 is 1.42 bits per heavy atom. The molecule has 19 heavy (non-hydrogen) atoms. The number of hydrogen-bond donors (Lipinski definition) is 1. The van der Waals surface area contributed by atoms with Crippen LogP contribution >= 0.6 is 0 Å². The van der Waals surface area contributed by atoms with Crippen LogP contribution in [-0.2, 0) is 0 Å². The summed E-state index contributed by atoms with van der Waals surface area (Å²) in [6, 6.07) is 5.59. The molecule has 5 heteroatoms. The Morgan fingerprint density at radius 3 is 2.84 bits per heavy atom. The quantitative estimate of drug-likeness (QED) is 0.895. The van der Waals surface area contributed by atoms with E-state index in [1.807, 2.05) is 25.1 Å². The number of hydrogen-bond acceptors (Lipinski definition) is 5. The van der Waals surface area contributed by atoms with Crippen LogP contribution in [0.2, 0.25) is 0 Å². The molecule has 0 radical (unpaired) electrons. The molecule has 0 bridgehead atoms. The monoisotopic (exact) mass is 261 g/mol. The Balaban J connectivity index is 2.25. The molecular formula is C14H19N3O2. The lowest BCUT2D eigenvalue weighted by atomic mass is 10.1. The molecule has 2 N–H and O–H groups in total. The predicted molar refractivity (Wildman–Crippen MR) is 72.9 cm³/mol. The van der Waals surface area contributed by atoms with Crippen LogP contribution in [-0.4, -0.2) is 17.3 Å². The zero-order chi connectivity index (χ0) is 13.8. The van der Waals surface area contributed by atoms with E-state index in [4.69, 9.17) is 15.0 Å². The fourth-order valence-electron chi connectivity index (χ4n) is 1.96. The van der Waals surface area contributed by atoms with Crippen molar-refractivity contribution in [3.05, 3.63) is 29.7 Å². The Hall–Kier alpha value is -1.88. The van der Waals surface area contributed by atoms with Gasteiger partial charge in [0.05, 0.1) is 13.2 Å². The molecule has 5 nitrogen and oxygen atoms in total. The van der Waals surface area contributed by atoms with Crippen LogP contribution in [0.3, 0.4) is 0 Å². The molecule has 0 fully saturated rings. The van der Waals surface area contributed by atoms with Crippen LogP contribution in [0.4, 0.5) is 0 Å². The molecule has 0 spiro atoms. The topological polar surface area (TPSA) is 74.2 Å². The van der Waals surface area contributed by atoms with Crippen LogP contribution in [0.15, 0.2) is 22.7 Å². The van der Waals surface area contributed by atoms with E-state index in [-0.39, 0.29) is 6.04 Å². The molecule has 1 aromatic carbocycles. The SMILES string of the molecule is CCC[C@@H](N)c1nc(-c2ccc(OC)c(C)c2)no1. The van der Waals surface area contributed by atoms with E-state index < -0.39 is 0 Å². The number of methoxy groups -OCH3 is 1. The van der Waals surface area contributed by atoms with Gasteiger partial charge in [-0.1, -0.05) is 18.5 Å². The summed E-state index contributed by atoms with van der Waals surface area (Å²) >= 11 is 0. The van der Waals surface area contributed by atoms with E-state index in [9.17, 15) is 0 Å². The number of benzene rings is 1. The average Bonchev–Trinajstić information content (AvgIpc) is 2.88. The minimum absolute atomic E-state index is 0.189. The molecule has 0 aliphatic rings. The minimum atomic E-state index is -0.189. The summed E-state index contributed by atoms with van der Waals surface area (Å²) in [7, 11) is 1.65. The summed E-state index contributed by atoms with van der Waals surface area (Å²) < 4.78 is 10.4. The average molecular weight is 261 g/mol. The molecule has 1 heterocycles. The van der Waals surface area contributed by atoms with Crippen LogP contribution in [0, 0.1) is 6.92 Å². The van der Waals surface area contributed by atoms with Gasteiger partial charge < -0.3 is 15.0 Å². The number of nitrogens with two attached hydrogens (primary N) is 1. The lowest BCUT2D eigenvalue weighted by Crippen LogP contribution is -2.09. The third-order valence-corrected chi connectivity index (χ3v) is 3.01. The standard InChI is InChI=1S/C14H19N3O2/c1-4-5-11(15)14-16-13(17-19-14)10-6-7-12(18-3)9(2)8-10/h6-8,11H,4-5,15H2,1-3H3/t11-/m1/s1. The van der Waals surface area contributed by atoms with E-state index in [2.05, 4.69) is 17.1 Å². The van der Waals surface area contributed by atoms with Gasteiger partial charge >= 0.3 is 0 Å². The maximum absolute atomic E-state index is 5.96. The van der Waals surface area contributed by atoms with Crippen LogP contribution in [0.25, 0.3) is 11.4 Å². The number of rotatable bonds is 5. The molecule has 102 valence electrons. The lowest BCUT2D eigenvalue weighted by molar-refractivity contribution is 0.348. The van der Waals surface area contributed by atoms with Gasteiger partial charge in [0.25, 0.3) is 0 Å². The van der Waals surface area contributed by atoms with Crippen molar-refractivity contribution < 1.29 is 9.26 Å². The van der Waals surface area contributed by atoms with Crippen molar-refractivity contribution in [2.45, 2.75) is 32.7 Å². The molecule has 0 amide bonds. The Bertz CT molecular complexity index is 551. The van der Waals surface area contributed by atoms with E-state index in [1.54, 1.807) is 7.11 Å². The normalized spacial score (nSPS) is 12.4. The van der Waals surface area contributed by atoms with Crippen LogP contribution in [0.5, 0.6) is 5.75 Å². The fraction of sp³-hybridized carbons (Fsp3) is 0.429. The van der Waals surface area contributed by atoms with Gasteiger partial charge in [0.2, 0.25) is 11.7 Å². The first-order valence-corrected chi connectivity index (χ1v) is 6.40. The van der Waals surface area contributed by atoms with Gasteiger partial charge in [0.15, 0.2) is 0 Å². The highest BCUT2D eigenvalue weighted by Crippen LogP contribution is 2.25. The summed E-state index contributed by atoms with van der Waals surface area (Å²) in [6.45, 7) is 4.05. The highest BCUT2D eigenvalue weighted by atomic mass is 16.5. The smallest absolute Gasteiger partial charge is 0.243 e. The molecule has 0 unspecified atom stereocenters. The van der Waals surface area contributed by atoms with Crippen molar-refractivity contribution >= 4 is 0 Å². The molecule has 1 aromatic heterocycles. The second kappa shape index (κ2) is 5.84. The van der Waals surface area contributed by atoms with Gasteiger partial charge in [0.1, 0.15) is 5.75 Å². The van der Waals surface area contributed by atoms with Crippen molar-refractivity contribution in [1.29, 1.82) is 0 Å². The largest absolute Gasteiger partial charge is 0.496 e. The van der Waals surface area contributed by atoms with Gasteiger partial charge in [-0.2, -0.15) is 4.98 Å². The van der Waals surface area contributed by atoms with Gasteiger partial charge in [-0.25, -0.2) is 0 Å². The first-order chi connectivity index (χ1) is 9.15. The number of aromatic nitrogens is 2. The molecular weight excluding hydrogens is 242 g/mol. The highest BCUT2D eigenvalue weighted by Gasteiger charge is 2.15. The van der Waals surface area contributed by atoms with Crippen molar-refractivity contribution in [3.8, 4) is 17.1 Å². The van der Waals surface area contributed by atoms with Crippen molar-refractivity contribution in [2.24, 2.45) is 5.73 Å². The Labute approximate surface area is 112 Å². The highest BCUT2D eigenvalue weighted by molar-refractivity contribution is 5.58. The Kier molecular flexibility index (Phi) is 4.16. The van der Waals surface area contributed by atoms with Crippen molar-refractivity contribution in [2.75, 3.05) is 7.11 Å². The van der Waals surface area contributed by atoms with Crippen molar-refractivity contribution in [1.82, 2.24) is 10.1 Å². The molecule has 0 aliphatic heterocycles. The summed E-state index contributed by atoms with van der Waals surface area (Å²) in [5, 5.41) is 3.98. The van der Waals surface area contributed by atoms with Gasteiger partial charge in [-0.3, -0.25) is 0 Å². The molecule has 0 aliphatic carbocycles. The van der Waals surface area contributed by atoms with E-state index in [0.717, 1.165) is 29.7 Å². The fourth-order valence-corrected chi connectivity index (χ4v) is 1.96. The summed E-state index contributed by atoms with van der Waals surface area (Å²) in [4.78, 5) is 4.35. The first-order valence-electron chi connectivity index (χ1n) is 6.40. The van der Waals surface area contributed by atoms with E-state index in [1.165, 1.54) is 0 Å². The maximum Gasteiger partial charge on any atom is 0.243 e. The third kappa shape index (κ3) is 2.93. The Morgan fingerprint density at radius 2 is 2.21 bits per heavy atom. The predicted octanol–water partition coefficient (Wildman–Crippen LogP) is 2.85. The van der Waals surface area contributed by atoms with Crippen LogP contribution in [0.1, 0.15) is 37.3 Å². The molecule has 0 saturated carbocycles. The third-order valence-electron chi connectivity index (χ3n) is 3.01.